The summed E-state index contributed by atoms with van der Waals surface area (Å²) < 4.78 is 2.02. The van der Waals surface area contributed by atoms with Gasteiger partial charge in [0.25, 0.3) is 0 Å². The van der Waals surface area contributed by atoms with E-state index in [0.717, 1.165) is 12.3 Å². The molecule has 0 saturated heterocycles. The van der Waals surface area contributed by atoms with E-state index in [0.29, 0.717) is 18.5 Å². The number of rotatable bonds is 7. The standard InChI is InChI=1S/C15H28N4.HI/c1-12(2)6-5-7-13(3)18-15(16)17-10-14-8-9-19(4)11-14;/h8-9,11-13H,5-7,10H2,1-4H3,(H3,16,17,18);1H. The van der Waals surface area contributed by atoms with Crippen LogP contribution in [-0.4, -0.2) is 16.6 Å². The zero-order valence-electron chi connectivity index (χ0n) is 13.1. The maximum atomic E-state index is 5.89. The highest BCUT2D eigenvalue weighted by Crippen LogP contribution is 2.08. The third-order valence-corrected chi connectivity index (χ3v) is 3.14. The lowest BCUT2D eigenvalue weighted by molar-refractivity contribution is 0.493. The van der Waals surface area contributed by atoms with Crippen molar-refractivity contribution in [2.24, 2.45) is 23.7 Å². The molecule has 0 aliphatic heterocycles. The van der Waals surface area contributed by atoms with Crippen LogP contribution in [-0.2, 0) is 13.6 Å². The third-order valence-electron chi connectivity index (χ3n) is 3.14. The van der Waals surface area contributed by atoms with Gasteiger partial charge >= 0.3 is 0 Å². The van der Waals surface area contributed by atoms with E-state index in [1.54, 1.807) is 0 Å². The van der Waals surface area contributed by atoms with Crippen LogP contribution in [0.2, 0.25) is 0 Å². The Morgan fingerprint density at radius 3 is 2.60 bits per heavy atom. The molecule has 0 bridgehead atoms. The van der Waals surface area contributed by atoms with E-state index in [1.807, 2.05) is 17.8 Å². The van der Waals surface area contributed by atoms with Crippen molar-refractivity contribution in [2.75, 3.05) is 0 Å². The van der Waals surface area contributed by atoms with Gasteiger partial charge in [0.2, 0.25) is 0 Å². The number of hydrogen-bond acceptors (Lipinski definition) is 1. The highest BCUT2D eigenvalue weighted by Gasteiger charge is 2.03. The number of aliphatic imine (C=N–C) groups is 1. The molecule has 1 rings (SSSR count). The van der Waals surface area contributed by atoms with Crippen molar-refractivity contribution >= 4 is 29.9 Å². The summed E-state index contributed by atoms with van der Waals surface area (Å²) in [6.45, 7) is 7.31. The lowest BCUT2D eigenvalue weighted by Crippen LogP contribution is -2.38. The molecule has 1 aromatic heterocycles. The second-order valence-corrected chi connectivity index (χ2v) is 5.76. The van der Waals surface area contributed by atoms with Gasteiger partial charge in [-0.2, -0.15) is 0 Å². The van der Waals surface area contributed by atoms with Crippen LogP contribution in [0.15, 0.2) is 23.5 Å². The summed E-state index contributed by atoms with van der Waals surface area (Å²) in [4.78, 5) is 4.36. The topological polar surface area (TPSA) is 55.3 Å². The second kappa shape index (κ2) is 10.1. The average Bonchev–Trinajstić information content (AvgIpc) is 2.72. The summed E-state index contributed by atoms with van der Waals surface area (Å²) in [5, 5.41) is 3.25. The minimum Gasteiger partial charge on any atom is -0.370 e. The number of aromatic nitrogens is 1. The smallest absolute Gasteiger partial charge is 0.189 e. The van der Waals surface area contributed by atoms with E-state index in [1.165, 1.54) is 18.4 Å². The molecule has 4 nitrogen and oxygen atoms in total. The average molecular weight is 392 g/mol. The summed E-state index contributed by atoms with van der Waals surface area (Å²) >= 11 is 0. The monoisotopic (exact) mass is 392 g/mol. The lowest BCUT2D eigenvalue weighted by atomic mass is 10.0. The van der Waals surface area contributed by atoms with Gasteiger partial charge in [0.05, 0.1) is 6.54 Å². The van der Waals surface area contributed by atoms with Crippen molar-refractivity contribution in [3.63, 3.8) is 0 Å². The normalized spacial score (nSPS) is 13.2. The molecule has 3 N–H and O–H groups in total. The molecule has 0 aromatic carbocycles. The van der Waals surface area contributed by atoms with Crippen LogP contribution in [0, 0.1) is 5.92 Å². The highest BCUT2D eigenvalue weighted by atomic mass is 127. The van der Waals surface area contributed by atoms with Gasteiger partial charge in [0.15, 0.2) is 5.96 Å². The highest BCUT2D eigenvalue weighted by molar-refractivity contribution is 14.0. The molecule has 20 heavy (non-hydrogen) atoms. The van der Waals surface area contributed by atoms with Gasteiger partial charge in [-0.1, -0.05) is 26.7 Å². The van der Waals surface area contributed by atoms with Gasteiger partial charge in [0.1, 0.15) is 0 Å². The van der Waals surface area contributed by atoms with Crippen molar-refractivity contribution in [2.45, 2.75) is 52.6 Å². The zero-order valence-corrected chi connectivity index (χ0v) is 15.4. The number of halogens is 1. The molecule has 116 valence electrons. The van der Waals surface area contributed by atoms with E-state index in [4.69, 9.17) is 5.73 Å². The van der Waals surface area contributed by atoms with Crippen LogP contribution in [0.5, 0.6) is 0 Å². The predicted octanol–water partition coefficient (Wildman–Crippen LogP) is 3.26. The Labute approximate surface area is 140 Å². The SMILES string of the molecule is CC(C)CCCC(C)NC(N)=NCc1ccn(C)c1.I. The van der Waals surface area contributed by atoms with Crippen molar-refractivity contribution in [3.8, 4) is 0 Å². The first kappa shape index (κ1) is 19.3. The van der Waals surface area contributed by atoms with E-state index in [-0.39, 0.29) is 24.0 Å². The molecule has 5 heteroatoms. The molecule has 0 amide bonds. The van der Waals surface area contributed by atoms with Crippen molar-refractivity contribution in [3.05, 3.63) is 24.0 Å². The molecular formula is C15H29IN4. The predicted molar refractivity (Wildman–Crippen MR) is 97.4 cm³/mol. The van der Waals surface area contributed by atoms with Gasteiger partial charge in [-0.3, -0.25) is 0 Å². The van der Waals surface area contributed by atoms with Gasteiger partial charge in [-0.25, -0.2) is 4.99 Å². The molecule has 0 aliphatic rings. The first-order valence-corrected chi connectivity index (χ1v) is 7.14. The number of nitrogens with two attached hydrogens (primary N) is 1. The summed E-state index contributed by atoms with van der Waals surface area (Å²) in [6, 6.07) is 2.45. The fourth-order valence-corrected chi connectivity index (χ4v) is 2.03. The fraction of sp³-hybridized carbons (Fsp3) is 0.667. The zero-order chi connectivity index (χ0) is 14.3. The number of nitrogens with one attached hydrogen (secondary N) is 1. The van der Waals surface area contributed by atoms with Crippen molar-refractivity contribution < 1.29 is 0 Å². The largest absolute Gasteiger partial charge is 0.370 e. The Hall–Kier alpha value is -0.720. The minimum atomic E-state index is 0. The van der Waals surface area contributed by atoms with E-state index >= 15 is 0 Å². The number of nitrogens with zero attached hydrogens (tertiary/aromatic N) is 2. The van der Waals surface area contributed by atoms with Gasteiger partial charge in [-0.15, -0.1) is 24.0 Å². The fourth-order valence-electron chi connectivity index (χ4n) is 2.03. The first-order chi connectivity index (χ1) is 8.97. The molecular weight excluding hydrogens is 363 g/mol. The number of hydrogen-bond donors (Lipinski definition) is 2. The summed E-state index contributed by atoms with van der Waals surface area (Å²) in [5.41, 5.74) is 7.07. The van der Waals surface area contributed by atoms with Crippen molar-refractivity contribution in [1.82, 2.24) is 9.88 Å². The maximum Gasteiger partial charge on any atom is 0.189 e. The Bertz CT molecular complexity index is 398. The Morgan fingerprint density at radius 2 is 2.05 bits per heavy atom. The molecule has 0 aliphatic carbocycles. The van der Waals surface area contributed by atoms with Gasteiger partial charge in [-0.05, 0) is 30.9 Å². The lowest BCUT2D eigenvalue weighted by Gasteiger charge is -2.14. The molecule has 0 radical (unpaired) electrons. The Balaban J connectivity index is 0.00000361. The quantitative estimate of drug-likeness (QED) is 0.425. The van der Waals surface area contributed by atoms with Crippen LogP contribution in [0.25, 0.3) is 0 Å². The summed E-state index contributed by atoms with van der Waals surface area (Å²) in [7, 11) is 2.01. The van der Waals surface area contributed by atoms with E-state index in [9.17, 15) is 0 Å². The first-order valence-electron chi connectivity index (χ1n) is 7.14. The molecule has 0 spiro atoms. The molecule has 0 saturated carbocycles. The van der Waals surface area contributed by atoms with E-state index < -0.39 is 0 Å². The maximum absolute atomic E-state index is 5.89. The summed E-state index contributed by atoms with van der Waals surface area (Å²) in [5.74, 6) is 1.32. The molecule has 1 aromatic rings. The second-order valence-electron chi connectivity index (χ2n) is 5.76. The van der Waals surface area contributed by atoms with Crippen molar-refractivity contribution in [1.29, 1.82) is 0 Å². The molecule has 0 fully saturated rings. The third kappa shape index (κ3) is 8.45. The molecule has 1 unspecified atom stereocenters. The van der Waals surface area contributed by atoms with Crippen LogP contribution in [0.3, 0.4) is 0 Å². The van der Waals surface area contributed by atoms with Crippen LogP contribution in [0.1, 0.15) is 45.6 Å². The Morgan fingerprint density at radius 1 is 1.35 bits per heavy atom. The van der Waals surface area contributed by atoms with Crippen LogP contribution < -0.4 is 11.1 Å². The number of aryl methyl sites for hydroxylation is 1. The number of guanidine groups is 1. The van der Waals surface area contributed by atoms with Crippen LogP contribution in [0.4, 0.5) is 0 Å². The van der Waals surface area contributed by atoms with E-state index in [2.05, 4.69) is 43.3 Å². The van der Waals surface area contributed by atoms with Gasteiger partial charge < -0.3 is 15.6 Å². The molecule has 1 heterocycles. The Kier molecular flexibility index (Phi) is 9.71. The summed E-state index contributed by atoms with van der Waals surface area (Å²) in [6.07, 6.45) is 7.72. The van der Waals surface area contributed by atoms with Gasteiger partial charge in [0, 0.05) is 25.5 Å². The van der Waals surface area contributed by atoms with Crippen LogP contribution >= 0.6 is 24.0 Å². The minimum absolute atomic E-state index is 0. The molecule has 1 atom stereocenters.